The Morgan fingerprint density at radius 3 is 2.89 bits per heavy atom. The zero-order chi connectivity index (χ0) is 13.8. The third kappa shape index (κ3) is 3.18. The lowest BCUT2D eigenvalue weighted by Crippen LogP contribution is -2.55. The first-order valence-corrected chi connectivity index (χ1v) is 7.01. The van der Waals surface area contributed by atoms with Crippen molar-refractivity contribution >= 4 is 12.0 Å². The Morgan fingerprint density at radius 2 is 2.21 bits per heavy atom. The Bertz CT molecular complexity index is 348. The molecule has 1 saturated carbocycles. The van der Waals surface area contributed by atoms with Crippen molar-refractivity contribution in [1.82, 2.24) is 10.2 Å². The average molecular weight is 270 g/mol. The molecule has 1 aliphatic carbocycles. The second kappa shape index (κ2) is 6.23. The molecule has 1 aliphatic heterocycles. The van der Waals surface area contributed by atoms with Crippen molar-refractivity contribution in [2.45, 2.75) is 44.7 Å². The minimum Gasteiger partial charge on any atom is -0.481 e. The van der Waals surface area contributed by atoms with Gasteiger partial charge in [-0.3, -0.25) is 4.79 Å². The van der Waals surface area contributed by atoms with Crippen molar-refractivity contribution < 1.29 is 19.4 Å². The Morgan fingerprint density at radius 1 is 1.42 bits per heavy atom. The van der Waals surface area contributed by atoms with Gasteiger partial charge in [-0.2, -0.15) is 0 Å². The predicted octanol–water partition coefficient (Wildman–Crippen LogP) is 1.06. The fourth-order valence-electron chi connectivity index (χ4n) is 2.93. The highest BCUT2D eigenvalue weighted by Crippen LogP contribution is 2.26. The predicted molar refractivity (Wildman–Crippen MR) is 68.9 cm³/mol. The molecule has 2 aliphatic rings. The molecule has 1 heterocycles. The maximum absolute atomic E-state index is 12.3. The SMILES string of the molecule is CCC1COCCN1C(=O)NC1CCCC1C(=O)O. The Labute approximate surface area is 113 Å². The summed E-state index contributed by atoms with van der Waals surface area (Å²) in [4.78, 5) is 25.1. The minimum atomic E-state index is -0.809. The number of urea groups is 1. The van der Waals surface area contributed by atoms with Crippen molar-refractivity contribution in [2.75, 3.05) is 19.8 Å². The van der Waals surface area contributed by atoms with E-state index >= 15 is 0 Å². The maximum Gasteiger partial charge on any atom is 0.318 e. The number of nitrogens with one attached hydrogen (secondary N) is 1. The van der Waals surface area contributed by atoms with Crippen LogP contribution in [-0.4, -0.2) is 53.8 Å². The number of aliphatic carboxylic acids is 1. The molecule has 6 nitrogen and oxygen atoms in total. The van der Waals surface area contributed by atoms with Crippen LogP contribution >= 0.6 is 0 Å². The van der Waals surface area contributed by atoms with E-state index in [0.29, 0.717) is 26.2 Å². The third-order valence-corrected chi connectivity index (χ3v) is 4.10. The van der Waals surface area contributed by atoms with Crippen LogP contribution in [0.15, 0.2) is 0 Å². The quantitative estimate of drug-likeness (QED) is 0.803. The number of amides is 2. The number of hydrogen-bond acceptors (Lipinski definition) is 3. The number of carboxylic acid groups (broad SMARTS) is 1. The molecule has 0 aromatic heterocycles. The van der Waals surface area contributed by atoms with Crippen molar-refractivity contribution in [3.05, 3.63) is 0 Å². The number of hydrogen-bond donors (Lipinski definition) is 2. The summed E-state index contributed by atoms with van der Waals surface area (Å²) in [5, 5.41) is 12.0. The van der Waals surface area contributed by atoms with Gasteiger partial charge in [0.05, 0.1) is 25.2 Å². The summed E-state index contributed by atoms with van der Waals surface area (Å²) in [6.45, 7) is 3.72. The van der Waals surface area contributed by atoms with Gasteiger partial charge in [-0.15, -0.1) is 0 Å². The molecule has 108 valence electrons. The average Bonchev–Trinajstić information content (AvgIpc) is 2.87. The lowest BCUT2D eigenvalue weighted by molar-refractivity contribution is -0.142. The molecule has 2 N–H and O–H groups in total. The lowest BCUT2D eigenvalue weighted by atomic mass is 10.0. The number of carbonyl (C=O) groups excluding carboxylic acids is 1. The number of ether oxygens (including phenoxy) is 1. The van der Waals surface area contributed by atoms with Crippen LogP contribution in [0.4, 0.5) is 4.79 Å². The first kappa shape index (κ1) is 14.1. The van der Waals surface area contributed by atoms with Gasteiger partial charge < -0.3 is 20.1 Å². The van der Waals surface area contributed by atoms with Crippen molar-refractivity contribution in [3.8, 4) is 0 Å². The van der Waals surface area contributed by atoms with Gasteiger partial charge in [0.2, 0.25) is 0 Å². The second-order valence-corrected chi connectivity index (χ2v) is 5.26. The zero-order valence-corrected chi connectivity index (χ0v) is 11.3. The molecule has 2 amide bonds. The van der Waals surface area contributed by atoms with Gasteiger partial charge in [0, 0.05) is 12.6 Å². The van der Waals surface area contributed by atoms with Crippen LogP contribution in [0.5, 0.6) is 0 Å². The molecule has 2 rings (SSSR count). The highest BCUT2D eigenvalue weighted by Gasteiger charge is 2.36. The Balaban J connectivity index is 1.94. The molecular formula is C13H22N2O4. The number of nitrogens with zero attached hydrogens (tertiary/aromatic N) is 1. The summed E-state index contributed by atoms with van der Waals surface area (Å²) in [5.41, 5.74) is 0. The summed E-state index contributed by atoms with van der Waals surface area (Å²) < 4.78 is 5.37. The number of carbonyl (C=O) groups is 2. The van der Waals surface area contributed by atoms with Crippen LogP contribution in [0.3, 0.4) is 0 Å². The summed E-state index contributed by atoms with van der Waals surface area (Å²) in [6, 6.07) is -0.280. The van der Waals surface area contributed by atoms with Gasteiger partial charge >= 0.3 is 12.0 Å². The molecule has 0 spiro atoms. The largest absolute Gasteiger partial charge is 0.481 e. The van der Waals surface area contributed by atoms with E-state index in [1.165, 1.54) is 0 Å². The molecule has 1 saturated heterocycles. The molecule has 0 aromatic carbocycles. The second-order valence-electron chi connectivity index (χ2n) is 5.26. The molecule has 6 heteroatoms. The van der Waals surface area contributed by atoms with Gasteiger partial charge in [-0.25, -0.2) is 4.79 Å². The summed E-state index contributed by atoms with van der Waals surface area (Å²) in [6.07, 6.45) is 3.12. The molecule has 19 heavy (non-hydrogen) atoms. The zero-order valence-electron chi connectivity index (χ0n) is 11.3. The number of carboxylic acids is 1. The van der Waals surface area contributed by atoms with Gasteiger partial charge in [0.25, 0.3) is 0 Å². The smallest absolute Gasteiger partial charge is 0.318 e. The topological polar surface area (TPSA) is 78.9 Å². The molecule has 0 radical (unpaired) electrons. The summed E-state index contributed by atoms with van der Waals surface area (Å²) in [5.74, 6) is -1.25. The van der Waals surface area contributed by atoms with Crippen LogP contribution in [0.2, 0.25) is 0 Å². The highest BCUT2D eigenvalue weighted by atomic mass is 16.5. The van der Waals surface area contributed by atoms with Gasteiger partial charge in [0.1, 0.15) is 0 Å². The minimum absolute atomic E-state index is 0.0958. The Hall–Kier alpha value is -1.30. The van der Waals surface area contributed by atoms with E-state index in [9.17, 15) is 9.59 Å². The molecular weight excluding hydrogens is 248 g/mol. The van der Waals surface area contributed by atoms with Crippen molar-refractivity contribution in [3.63, 3.8) is 0 Å². The molecule has 2 fully saturated rings. The van der Waals surface area contributed by atoms with Crippen molar-refractivity contribution in [1.29, 1.82) is 0 Å². The van der Waals surface area contributed by atoms with Crippen LogP contribution in [-0.2, 0) is 9.53 Å². The van der Waals surface area contributed by atoms with Crippen LogP contribution in [0, 0.1) is 5.92 Å². The fourth-order valence-corrected chi connectivity index (χ4v) is 2.93. The van der Waals surface area contributed by atoms with E-state index in [4.69, 9.17) is 9.84 Å². The standard InChI is InChI=1S/C13H22N2O4/c1-2-9-8-19-7-6-15(9)13(18)14-11-5-3-4-10(11)12(16)17/h9-11H,2-8H2,1H3,(H,14,18)(H,16,17). The van der Waals surface area contributed by atoms with Crippen LogP contribution in [0.1, 0.15) is 32.6 Å². The van der Waals surface area contributed by atoms with E-state index in [2.05, 4.69) is 5.32 Å². The summed E-state index contributed by atoms with van der Waals surface area (Å²) >= 11 is 0. The summed E-state index contributed by atoms with van der Waals surface area (Å²) in [7, 11) is 0. The van der Waals surface area contributed by atoms with Gasteiger partial charge in [-0.1, -0.05) is 13.3 Å². The van der Waals surface area contributed by atoms with E-state index < -0.39 is 11.9 Å². The van der Waals surface area contributed by atoms with Crippen LogP contribution in [0.25, 0.3) is 0 Å². The molecule has 3 unspecified atom stereocenters. The first-order valence-electron chi connectivity index (χ1n) is 7.01. The molecule has 0 aromatic rings. The van der Waals surface area contributed by atoms with Crippen LogP contribution < -0.4 is 5.32 Å². The van der Waals surface area contributed by atoms with E-state index in [-0.39, 0.29) is 18.1 Å². The lowest BCUT2D eigenvalue weighted by Gasteiger charge is -2.36. The molecule has 3 atom stereocenters. The van der Waals surface area contributed by atoms with Gasteiger partial charge in [0.15, 0.2) is 0 Å². The third-order valence-electron chi connectivity index (χ3n) is 4.10. The fraction of sp³-hybridized carbons (Fsp3) is 0.846. The van der Waals surface area contributed by atoms with E-state index in [1.54, 1.807) is 4.90 Å². The van der Waals surface area contributed by atoms with Crippen molar-refractivity contribution in [2.24, 2.45) is 5.92 Å². The maximum atomic E-state index is 12.3. The normalized spacial score (nSPS) is 31.2. The van der Waals surface area contributed by atoms with E-state index in [1.807, 2.05) is 6.92 Å². The first-order chi connectivity index (χ1) is 9.13. The van der Waals surface area contributed by atoms with Gasteiger partial charge in [-0.05, 0) is 19.3 Å². The monoisotopic (exact) mass is 270 g/mol. The highest BCUT2D eigenvalue weighted by molar-refractivity contribution is 5.77. The number of rotatable bonds is 3. The Kier molecular flexibility index (Phi) is 4.63. The number of morpholine rings is 1. The molecule has 0 bridgehead atoms. The van der Waals surface area contributed by atoms with E-state index in [0.717, 1.165) is 19.3 Å².